The zero-order valence-electron chi connectivity index (χ0n) is 14.3. The van der Waals surface area contributed by atoms with E-state index in [2.05, 4.69) is 21.8 Å². The van der Waals surface area contributed by atoms with E-state index in [1.807, 2.05) is 30.3 Å². The van der Waals surface area contributed by atoms with Gasteiger partial charge in [0.15, 0.2) is 0 Å². The van der Waals surface area contributed by atoms with E-state index < -0.39 is 10.0 Å². The molecule has 1 heterocycles. The van der Waals surface area contributed by atoms with Gasteiger partial charge in [0.1, 0.15) is 0 Å². The first kappa shape index (κ1) is 16.8. The third-order valence-corrected chi connectivity index (χ3v) is 6.74. The average Bonchev–Trinajstić information content (AvgIpc) is 3.24. The fraction of sp³-hybridized carbons (Fsp3) is 0.400. The number of aryl methyl sites for hydroxylation is 2. The molecule has 4 nitrogen and oxygen atoms in total. The smallest absolute Gasteiger partial charge is 0.240 e. The molecule has 1 aliphatic heterocycles. The Bertz CT molecular complexity index is 849. The molecule has 2 aromatic rings. The molecule has 2 aliphatic rings. The van der Waals surface area contributed by atoms with Crippen LogP contribution in [0.2, 0.25) is 0 Å². The molecule has 0 radical (unpaired) electrons. The first-order valence-corrected chi connectivity index (χ1v) is 10.5. The molecule has 4 rings (SSSR count). The Hall–Kier alpha value is -1.69. The summed E-state index contributed by atoms with van der Waals surface area (Å²) in [4.78, 5) is 2.72. The Morgan fingerprint density at radius 3 is 2.68 bits per heavy atom. The van der Waals surface area contributed by atoms with Crippen LogP contribution in [0.25, 0.3) is 0 Å². The van der Waals surface area contributed by atoms with E-state index in [0.29, 0.717) is 4.90 Å². The van der Waals surface area contributed by atoms with Crippen LogP contribution < -0.4 is 4.72 Å². The van der Waals surface area contributed by atoms with Gasteiger partial charge in [-0.05, 0) is 54.5 Å². The monoisotopic (exact) mass is 356 g/mol. The molecule has 0 saturated carbocycles. The fourth-order valence-corrected chi connectivity index (χ4v) is 5.23. The Kier molecular flexibility index (Phi) is 4.63. The quantitative estimate of drug-likeness (QED) is 0.896. The molecule has 1 unspecified atom stereocenters. The molecule has 1 N–H and O–H groups in total. The lowest BCUT2D eigenvalue weighted by Crippen LogP contribution is -2.37. The number of hydrogen-bond donors (Lipinski definition) is 1. The fourth-order valence-electron chi connectivity index (χ4n) is 3.92. The van der Waals surface area contributed by atoms with Crippen LogP contribution in [0, 0.1) is 0 Å². The number of rotatable bonds is 5. The summed E-state index contributed by atoms with van der Waals surface area (Å²) in [6.07, 6.45) is 4.05. The lowest BCUT2D eigenvalue weighted by molar-refractivity contribution is 0.324. The number of nitrogens with one attached hydrogen (secondary N) is 1. The topological polar surface area (TPSA) is 49.4 Å². The van der Waals surface area contributed by atoms with Crippen LogP contribution in [0.1, 0.15) is 29.5 Å². The summed E-state index contributed by atoms with van der Waals surface area (Å²) in [7, 11) is -3.44. The van der Waals surface area contributed by atoms with Gasteiger partial charge in [0.25, 0.3) is 0 Å². The summed E-state index contributed by atoms with van der Waals surface area (Å²) >= 11 is 0. The van der Waals surface area contributed by atoms with E-state index in [1.54, 1.807) is 6.07 Å². The first-order valence-electron chi connectivity index (χ1n) is 9.00. The van der Waals surface area contributed by atoms with Crippen molar-refractivity contribution in [3.05, 3.63) is 65.2 Å². The van der Waals surface area contributed by atoms with Crippen molar-refractivity contribution in [1.82, 2.24) is 9.62 Å². The summed E-state index contributed by atoms with van der Waals surface area (Å²) in [5.74, 6) is 0. The van der Waals surface area contributed by atoms with Crippen molar-refractivity contribution in [3.8, 4) is 0 Å². The molecular weight excluding hydrogens is 332 g/mol. The second-order valence-corrected chi connectivity index (χ2v) is 8.83. The summed E-state index contributed by atoms with van der Waals surface area (Å²) < 4.78 is 28.4. The predicted molar refractivity (Wildman–Crippen MR) is 98.9 cm³/mol. The molecule has 0 aromatic heterocycles. The molecule has 0 spiro atoms. The maximum absolute atomic E-state index is 12.7. The predicted octanol–water partition coefficient (Wildman–Crippen LogP) is 2.73. The van der Waals surface area contributed by atoms with Gasteiger partial charge in [-0.15, -0.1) is 0 Å². The maximum Gasteiger partial charge on any atom is 0.240 e. The van der Waals surface area contributed by atoms with Crippen LogP contribution in [0.15, 0.2) is 53.4 Å². The minimum absolute atomic E-state index is 0.0121. The van der Waals surface area contributed by atoms with Crippen molar-refractivity contribution < 1.29 is 8.42 Å². The van der Waals surface area contributed by atoms with Crippen LogP contribution >= 0.6 is 0 Å². The SMILES string of the molecule is O=S(=O)(NC1CCN(Cc2ccccc2)C1)c1ccc2c(c1)CCC2. The summed E-state index contributed by atoms with van der Waals surface area (Å²) in [6.45, 7) is 2.56. The Morgan fingerprint density at radius 2 is 1.84 bits per heavy atom. The van der Waals surface area contributed by atoms with Crippen molar-refractivity contribution in [2.24, 2.45) is 0 Å². The van der Waals surface area contributed by atoms with Crippen LogP contribution in [-0.4, -0.2) is 32.4 Å². The van der Waals surface area contributed by atoms with Crippen LogP contribution in [0.4, 0.5) is 0 Å². The van der Waals surface area contributed by atoms with E-state index in [0.717, 1.165) is 45.3 Å². The number of benzene rings is 2. The van der Waals surface area contributed by atoms with Crippen molar-refractivity contribution in [2.75, 3.05) is 13.1 Å². The third-order valence-electron chi connectivity index (χ3n) is 5.22. The lowest BCUT2D eigenvalue weighted by Gasteiger charge is -2.17. The number of likely N-dealkylation sites (tertiary alicyclic amines) is 1. The highest BCUT2D eigenvalue weighted by atomic mass is 32.2. The summed E-state index contributed by atoms with van der Waals surface area (Å²) in [5, 5.41) is 0. The van der Waals surface area contributed by atoms with Gasteiger partial charge in [-0.1, -0.05) is 36.4 Å². The normalized spacial score (nSPS) is 20.7. The molecule has 0 bridgehead atoms. The van der Waals surface area contributed by atoms with E-state index in [9.17, 15) is 8.42 Å². The first-order chi connectivity index (χ1) is 12.1. The number of hydrogen-bond acceptors (Lipinski definition) is 3. The molecule has 25 heavy (non-hydrogen) atoms. The second-order valence-electron chi connectivity index (χ2n) is 7.11. The zero-order chi connectivity index (χ0) is 17.3. The van der Waals surface area contributed by atoms with Gasteiger partial charge in [-0.3, -0.25) is 4.90 Å². The molecule has 132 valence electrons. The molecule has 1 aliphatic carbocycles. The summed E-state index contributed by atoms with van der Waals surface area (Å²) in [6, 6.07) is 15.9. The van der Waals surface area contributed by atoms with Crippen LogP contribution in [-0.2, 0) is 29.4 Å². The van der Waals surface area contributed by atoms with Gasteiger partial charge >= 0.3 is 0 Å². The third kappa shape index (κ3) is 3.78. The molecule has 2 aromatic carbocycles. The minimum atomic E-state index is -3.44. The Balaban J connectivity index is 1.40. The van der Waals surface area contributed by atoms with Crippen LogP contribution in [0.3, 0.4) is 0 Å². The van der Waals surface area contributed by atoms with E-state index >= 15 is 0 Å². The molecule has 1 saturated heterocycles. The van der Waals surface area contributed by atoms with E-state index in [1.165, 1.54) is 16.7 Å². The molecular formula is C20H24N2O2S. The van der Waals surface area contributed by atoms with Gasteiger partial charge < -0.3 is 0 Å². The van der Waals surface area contributed by atoms with Crippen LogP contribution in [0.5, 0.6) is 0 Å². The number of nitrogens with zero attached hydrogens (tertiary/aromatic N) is 1. The average molecular weight is 356 g/mol. The van der Waals surface area contributed by atoms with Gasteiger partial charge in [0.2, 0.25) is 10.0 Å². The Morgan fingerprint density at radius 1 is 1.04 bits per heavy atom. The highest BCUT2D eigenvalue weighted by Crippen LogP contribution is 2.25. The van der Waals surface area contributed by atoms with Crippen molar-refractivity contribution in [2.45, 2.75) is 43.2 Å². The van der Waals surface area contributed by atoms with Gasteiger partial charge in [-0.25, -0.2) is 13.1 Å². The second kappa shape index (κ2) is 6.90. The van der Waals surface area contributed by atoms with E-state index in [-0.39, 0.29) is 6.04 Å². The van der Waals surface area contributed by atoms with Crippen molar-refractivity contribution in [1.29, 1.82) is 0 Å². The highest BCUT2D eigenvalue weighted by molar-refractivity contribution is 7.89. The van der Waals surface area contributed by atoms with Gasteiger partial charge in [0, 0.05) is 25.7 Å². The Labute approximate surface area is 149 Å². The van der Waals surface area contributed by atoms with Gasteiger partial charge in [0.05, 0.1) is 4.90 Å². The lowest BCUT2D eigenvalue weighted by atomic mass is 10.1. The minimum Gasteiger partial charge on any atom is -0.297 e. The van der Waals surface area contributed by atoms with Gasteiger partial charge in [-0.2, -0.15) is 0 Å². The number of sulfonamides is 1. The van der Waals surface area contributed by atoms with Crippen molar-refractivity contribution in [3.63, 3.8) is 0 Å². The standard InChI is InChI=1S/C20H24N2O2S/c23-25(24,20-10-9-17-7-4-8-18(17)13-20)21-19-11-12-22(15-19)14-16-5-2-1-3-6-16/h1-3,5-6,9-10,13,19,21H,4,7-8,11-12,14-15H2. The van der Waals surface area contributed by atoms with E-state index in [4.69, 9.17) is 0 Å². The molecule has 5 heteroatoms. The summed E-state index contributed by atoms with van der Waals surface area (Å²) in [5.41, 5.74) is 3.76. The van der Waals surface area contributed by atoms with Crippen molar-refractivity contribution >= 4 is 10.0 Å². The molecule has 1 atom stereocenters. The maximum atomic E-state index is 12.7. The zero-order valence-corrected chi connectivity index (χ0v) is 15.1. The molecule has 1 fully saturated rings. The largest absolute Gasteiger partial charge is 0.297 e. The number of fused-ring (bicyclic) bond motifs is 1. The molecule has 0 amide bonds. The highest BCUT2D eigenvalue weighted by Gasteiger charge is 2.27.